The highest BCUT2D eigenvalue weighted by Crippen LogP contribution is 2.23. The number of ether oxygens (including phenoxy) is 2. The van der Waals surface area contributed by atoms with Crippen LogP contribution in [0.4, 0.5) is 0 Å². The predicted octanol–water partition coefficient (Wildman–Crippen LogP) is 3.14. The Morgan fingerprint density at radius 2 is 1.63 bits per heavy atom. The normalized spacial score (nSPS) is 10.6. The van der Waals surface area contributed by atoms with E-state index in [1.807, 2.05) is 29.0 Å². The summed E-state index contributed by atoms with van der Waals surface area (Å²) >= 11 is 0. The molecule has 1 amide bonds. The Hall–Kier alpha value is -2.58. The van der Waals surface area contributed by atoms with Gasteiger partial charge in [0.05, 0.1) is 13.4 Å². The van der Waals surface area contributed by atoms with Crippen LogP contribution in [0.3, 0.4) is 0 Å². The second-order valence-electron chi connectivity index (χ2n) is 6.47. The van der Waals surface area contributed by atoms with E-state index < -0.39 is 15.9 Å². The van der Waals surface area contributed by atoms with Crippen molar-refractivity contribution in [2.24, 2.45) is 0 Å². The molecule has 166 valence electrons. The van der Waals surface area contributed by atoms with E-state index in [4.69, 9.17) is 9.47 Å². The molecule has 30 heavy (non-hydrogen) atoms. The summed E-state index contributed by atoms with van der Waals surface area (Å²) < 4.78 is 35.3. The van der Waals surface area contributed by atoms with Crippen LogP contribution in [0.2, 0.25) is 0 Å². The summed E-state index contributed by atoms with van der Waals surface area (Å²) in [6.45, 7) is 8.74. The molecule has 0 unspecified atom stereocenters. The van der Waals surface area contributed by atoms with Gasteiger partial charge < -0.3 is 14.8 Å². The topological polar surface area (TPSA) is 93.7 Å². The Labute approximate surface area is 179 Å². The summed E-state index contributed by atoms with van der Waals surface area (Å²) in [5.41, 5.74) is 2.17. The maximum atomic E-state index is 11.9. The maximum Gasteiger partial charge on any atom is 0.264 e. The van der Waals surface area contributed by atoms with Crippen LogP contribution >= 0.6 is 0 Å². The maximum absolute atomic E-state index is 11.9. The van der Waals surface area contributed by atoms with Crippen LogP contribution in [0.5, 0.6) is 11.5 Å². The molecule has 0 aliphatic carbocycles. The van der Waals surface area contributed by atoms with Crippen molar-refractivity contribution in [2.75, 3.05) is 26.5 Å². The zero-order valence-corrected chi connectivity index (χ0v) is 19.1. The van der Waals surface area contributed by atoms with Gasteiger partial charge in [-0.25, -0.2) is 13.1 Å². The Bertz CT molecular complexity index is 894. The first-order valence-electron chi connectivity index (χ1n) is 9.85. The van der Waals surface area contributed by atoms with E-state index in [1.165, 1.54) is 24.8 Å². The van der Waals surface area contributed by atoms with Gasteiger partial charge in [0.15, 0.2) is 0 Å². The second kappa shape index (κ2) is 12.9. The van der Waals surface area contributed by atoms with Crippen molar-refractivity contribution in [3.05, 3.63) is 59.2 Å². The molecule has 7 nitrogen and oxygen atoms in total. The molecule has 0 aliphatic heterocycles. The van der Waals surface area contributed by atoms with Crippen LogP contribution in [-0.2, 0) is 23.1 Å². The molecule has 8 heteroatoms. The van der Waals surface area contributed by atoms with Crippen molar-refractivity contribution in [1.82, 2.24) is 10.0 Å². The van der Waals surface area contributed by atoms with Gasteiger partial charge in [-0.1, -0.05) is 39.0 Å². The number of methoxy groups -OCH3 is 1. The molecule has 0 saturated carbocycles. The number of hydrogen-bond acceptors (Lipinski definition) is 6. The van der Waals surface area contributed by atoms with Crippen molar-refractivity contribution in [2.45, 2.75) is 33.8 Å². The quantitative estimate of drug-likeness (QED) is 0.627. The van der Waals surface area contributed by atoms with E-state index >= 15 is 0 Å². The van der Waals surface area contributed by atoms with Gasteiger partial charge >= 0.3 is 0 Å². The number of hydrogen-bond donors (Lipinski definition) is 2. The van der Waals surface area contributed by atoms with Crippen LogP contribution in [0, 0.1) is 0 Å². The van der Waals surface area contributed by atoms with Crippen LogP contribution in [0.15, 0.2) is 42.5 Å². The molecule has 0 aliphatic rings. The molecule has 0 radical (unpaired) electrons. The fourth-order valence-corrected chi connectivity index (χ4v) is 2.92. The zero-order valence-electron chi connectivity index (χ0n) is 18.3. The molecule has 0 spiro atoms. The molecule has 0 fully saturated rings. The monoisotopic (exact) mass is 436 g/mol. The Balaban J connectivity index is 0.000000804. The number of benzene rings is 2. The van der Waals surface area contributed by atoms with Crippen molar-refractivity contribution >= 4 is 15.9 Å². The number of aryl methyl sites for hydroxylation is 1. The van der Waals surface area contributed by atoms with E-state index in [0.717, 1.165) is 37.1 Å². The first-order chi connectivity index (χ1) is 14.2. The Morgan fingerprint density at radius 1 is 1.00 bits per heavy atom. The number of carbonyl (C=O) groups is 1. The standard InChI is InChI=1S/C18H21NO5S.C4H11N/c1-4-13-5-9-16(10-6-13)24-12-15-8-7-14(11-17(15)23-2)18(20)19-25(3,21)22;1-3-5-4-2/h5-11H,4,12H2,1-3H3,(H,19,20);5H,3-4H2,1-2H3. The number of rotatable bonds is 9. The molecule has 0 heterocycles. The van der Waals surface area contributed by atoms with E-state index in [9.17, 15) is 13.2 Å². The minimum absolute atomic E-state index is 0.193. The lowest BCUT2D eigenvalue weighted by Gasteiger charge is -2.12. The molecule has 0 aromatic heterocycles. The van der Waals surface area contributed by atoms with E-state index in [-0.39, 0.29) is 12.2 Å². The first-order valence-corrected chi connectivity index (χ1v) is 11.7. The summed E-state index contributed by atoms with van der Waals surface area (Å²) in [5.74, 6) is 0.480. The third-order valence-electron chi connectivity index (χ3n) is 4.05. The lowest BCUT2D eigenvalue weighted by Crippen LogP contribution is -2.29. The molecular formula is C22H32N2O5S. The molecule has 2 aromatic rings. The Morgan fingerprint density at radius 3 is 2.10 bits per heavy atom. The van der Waals surface area contributed by atoms with Crippen LogP contribution in [0.25, 0.3) is 0 Å². The highest BCUT2D eigenvalue weighted by Gasteiger charge is 2.14. The van der Waals surface area contributed by atoms with Gasteiger partial charge in [0.25, 0.3) is 5.91 Å². The number of amides is 1. The largest absolute Gasteiger partial charge is 0.496 e. The summed E-state index contributed by atoms with van der Waals surface area (Å²) in [7, 11) is -2.14. The van der Waals surface area contributed by atoms with Crippen LogP contribution < -0.4 is 19.5 Å². The predicted molar refractivity (Wildman–Crippen MR) is 120 cm³/mol. The SMILES string of the molecule is CCNCC.CCc1ccc(OCc2ccc(C(=O)NS(C)(=O)=O)cc2OC)cc1. The summed E-state index contributed by atoms with van der Waals surface area (Å²) in [6, 6.07) is 12.5. The minimum Gasteiger partial charge on any atom is -0.496 e. The van der Waals surface area contributed by atoms with Crippen molar-refractivity contribution < 1.29 is 22.7 Å². The zero-order chi connectivity index (χ0) is 22.6. The average molecular weight is 437 g/mol. The van der Waals surface area contributed by atoms with Gasteiger partial charge in [-0.15, -0.1) is 0 Å². The molecule has 2 rings (SSSR count). The van der Waals surface area contributed by atoms with Gasteiger partial charge in [-0.2, -0.15) is 0 Å². The van der Waals surface area contributed by atoms with Gasteiger partial charge in [0.2, 0.25) is 10.0 Å². The molecular weight excluding hydrogens is 404 g/mol. The summed E-state index contributed by atoms with van der Waals surface area (Å²) in [6.07, 6.45) is 1.89. The number of sulfonamides is 1. The van der Waals surface area contributed by atoms with Gasteiger partial charge in [0, 0.05) is 11.1 Å². The third kappa shape index (κ3) is 9.28. The fraction of sp³-hybridized carbons (Fsp3) is 0.409. The van der Waals surface area contributed by atoms with Crippen molar-refractivity contribution in [3.63, 3.8) is 0 Å². The first kappa shape index (κ1) is 25.5. The molecule has 2 aromatic carbocycles. The highest BCUT2D eigenvalue weighted by molar-refractivity contribution is 7.89. The summed E-state index contributed by atoms with van der Waals surface area (Å²) in [5, 5.41) is 3.11. The van der Waals surface area contributed by atoms with Crippen LogP contribution in [0.1, 0.15) is 42.3 Å². The summed E-state index contributed by atoms with van der Waals surface area (Å²) in [4.78, 5) is 11.9. The number of nitrogens with one attached hydrogen (secondary N) is 2. The van der Waals surface area contributed by atoms with E-state index in [1.54, 1.807) is 6.07 Å². The molecule has 0 saturated heterocycles. The van der Waals surface area contributed by atoms with Gasteiger partial charge in [0.1, 0.15) is 18.1 Å². The lowest BCUT2D eigenvalue weighted by molar-refractivity contribution is 0.0981. The van der Waals surface area contributed by atoms with E-state index in [2.05, 4.69) is 26.1 Å². The molecule has 0 bridgehead atoms. The van der Waals surface area contributed by atoms with Gasteiger partial charge in [-0.3, -0.25) is 4.79 Å². The molecule has 2 N–H and O–H groups in total. The highest BCUT2D eigenvalue weighted by atomic mass is 32.2. The third-order valence-corrected chi connectivity index (χ3v) is 4.61. The molecule has 0 atom stereocenters. The Kier molecular flexibility index (Phi) is 10.9. The number of carbonyl (C=O) groups excluding carboxylic acids is 1. The lowest BCUT2D eigenvalue weighted by atomic mass is 10.1. The second-order valence-corrected chi connectivity index (χ2v) is 8.22. The van der Waals surface area contributed by atoms with Crippen LogP contribution in [-0.4, -0.2) is 40.8 Å². The van der Waals surface area contributed by atoms with Gasteiger partial charge in [-0.05, 0) is 49.3 Å². The smallest absolute Gasteiger partial charge is 0.264 e. The fourth-order valence-electron chi connectivity index (χ4n) is 2.46. The average Bonchev–Trinajstić information content (AvgIpc) is 2.72. The van der Waals surface area contributed by atoms with Crippen molar-refractivity contribution in [3.8, 4) is 11.5 Å². The van der Waals surface area contributed by atoms with Crippen molar-refractivity contribution in [1.29, 1.82) is 0 Å². The minimum atomic E-state index is -3.62. The van der Waals surface area contributed by atoms with E-state index in [0.29, 0.717) is 5.75 Å².